The van der Waals surface area contributed by atoms with E-state index in [9.17, 15) is 23.1 Å². The molecule has 0 unspecified atom stereocenters. The van der Waals surface area contributed by atoms with Crippen LogP contribution in [0.4, 0.5) is 13.2 Å². The number of hydrogen-bond acceptors (Lipinski definition) is 6. The number of pyridine rings is 1. The standard InChI is InChI=1S/C23H24F3N3O5/c1-23(2,11-30)34-13-4-5-17-14(9-27-29(17)10-13)12-6-18(32-3)20(19(7-12)33-22(25)26)21(31)28-16-8-15(16)24/h4-7,9-10,15-16,22,30H,8,11H2,1-3H3,(H,28,31)/t15-,16+/m0/s1. The number of aromatic nitrogens is 2. The van der Waals surface area contributed by atoms with Crippen molar-refractivity contribution in [2.24, 2.45) is 0 Å². The van der Waals surface area contributed by atoms with Crippen molar-refractivity contribution in [2.45, 2.75) is 44.7 Å². The Kier molecular flexibility index (Phi) is 6.30. The number of benzene rings is 1. The molecule has 3 aromatic rings. The molecule has 1 fully saturated rings. The molecule has 34 heavy (non-hydrogen) atoms. The molecule has 2 aromatic heterocycles. The number of nitrogens with one attached hydrogen (secondary N) is 1. The van der Waals surface area contributed by atoms with Gasteiger partial charge in [0.2, 0.25) is 0 Å². The van der Waals surface area contributed by atoms with Crippen molar-refractivity contribution in [3.63, 3.8) is 0 Å². The molecule has 0 saturated heterocycles. The molecule has 0 radical (unpaired) electrons. The van der Waals surface area contributed by atoms with Gasteiger partial charge < -0.3 is 24.6 Å². The van der Waals surface area contributed by atoms with Gasteiger partial charge in [-0.25, -0.2) is 8.91 Å². The van der Waals surface area contributed by atoms with Crippen LogP contribution in [0.5, 0.6) is 17.2 Å². The average Bonchev–Trinajstić information content (AvgIpc) is 3.30. The predicted molar refractivity (Wildman–Crippen MR) is 116 cm³/mol. The molecule has 0 spiro atoms. The number of alkyl halides is 3. The Morgan fingerprint density at radius 3 is 2.65 bits per heavy atom. The SMILES string of the molecule is COc1cc(-c2cnn3cc(OC(C)(C)CO)ccc23)cc(OC(F)F)c1C(=O)N[C@@H]1C[C@@H]1F. The molecule has 1 aliphatic carbocycles. The lowest BCUT2D eigenvalue weighted by atomic mass is 10.0. The van der Waals surface area contributed by atoms with Crippen LogP contribution in [0.2, 0.25) is 0 Å². The molecule has 1 amide bonds. The van der Waals surface area contributed by atoms with Crippen LogP contribution in [-0.4, -0.2) is 58.8 Å². The minimum absolute atomic E-state index is 0.00860. The summed E-state index contributed by atoms with van der Waals surface area (Å²) in [7, 11) is 1.29. The zero-order valence-electron chi connectivity index (χ0n) is 18.7. The molecule has 0 bridgehead atoms. The number of carbonyl (C=O) groups excluding carboxylic acids is 1. The van der Waals surface area contributed by atoms with E-state index in [0.29, 0.717) is 22.4 Å². The Labute approximate surface area is 193 Å². The molecule has 1 aromatic carbocycles. The molecule has 1 aliphatic rings. The highest BCUT2D eigenvalue weighted by atomic mass is 19.3. The highest BCUT2D eigenvalue weighted by Gasteiger charge is 2.40. The second kappa shape index (κ2) is 9.05. The summed E-state index contributed by atoms with van der Waals surface area (Å²) >= 11 is 0. The molecule has 0 aliphatic heterocycles. The number of halogens is 3. The van der Waals surface area contributed by atoms with Gasteiger partial charge in [-0.2, -0.15) is 13.9 Å². The van der Waals surface area contributed by atoms with Crippen molar-refractivity contribution in [1.29, 1.82) is 0 Å². The number of rotatable bonds is 9. The Bertz CT molecular complexity index is 1210. The Hall–Kier alpha value is -3.47. The fourth-order valence-corrected chi connectivity index (χ4v) is 3.47. The van der Waals surface area contributed by atoms with Crippen molar-refractivity contribution in [1.82, 2.24) is 14.9 Å². The van der Waals surface area contributed by atoms with Gasteiger partial charge in [0.15, 0.2) is 0 Å². The van der Waals surface area contributed by atoms with Gasteiger partial charge in [0.1, 0.15) is 34.6 Å². The van der Waals surface area contributed by atoms with Gasteiger partial charge in [-0.1, -0.05) is 0 Å². The number of hydrogen-bond donors (Lipinski definition) is 2. The second-order valence-electron chi connectivity index (χ2n) is 8.53. The lowest BCUT2D eigenvalue weighted by Gasteiger charge is -2.23. The lowest BCUT2D eigenvalue weighted by Crippen LogP contribution is -2.32. The molecule has 11 heteroatoms. The summed E-state index contributed by atoms with van der Waals surface area (Å²) in [6, 6.07) is 5.54. The number of nitrogens with zero attached hydrogens (tertiary/aromatic N) is 2. The molecule has 8 nitrogen and oxygen atoms in total. The summed E-state index contributed by atoms with van der Waals surface area (Å²) in [5, 5.41) is 16.2. The monoisotopic (exact) mass is 479 g/mol. The minimum atomic E-state index is -3.19. The number of aliphatic hydroxyl groups excluding tert-OH is 1. The lowest BCUT2D eigenvalue weighted by molar-refractivity contribution is -0.0502. The Balaban J connectivity index is 1.74. The number of fused-ring (bicyclic) bond motifs is 1. The molecular formula is C23H24F3N3O5. The number of amides is 1. The molecule has 2 heterocycles. The van der Waals surface area contributed by atoms with Gasteiger partial charge in [0, 0.05) is 12.0 Å². The topological polar surface area (TPSA) is 94.3 Å². The van der Waals surface area contributed by atoms with Gasteiger partial charge in [0.25, 0.3) is 5.91 Å². The third-order valence-electron chi connectivity index (χ3n) is 5.33. The van der Waals surface area contributed by atoms with Crippen molar-refractivity contribution < 1.29 is 37.3 Å². The third kappa shape index (κ3) is 4.89. The van der Waals surface area contributed by atoms with Crippen LogP contribution in [-0.2, 0) is 0 Å². The quantitative estimate of drug-likeness (QED) is 0.487. The van der Waals surface area contributed by atoms with E-state index in [2.05, 4.69) is 15.2 Å². The fourth-order valence-electron chi connectivity index (χ4n) is 3.47. The van der Waals surface area contributed by atoms with E-state index in [4.69, 9.17) is 9.47 Å². The Morgan fingerprint density at radius 2 is 2.03 bits per heavy atom. The van der Waals surface area contributed by atoms with Crippen molar-refractivity contribution in [3.8, 4) is 28.4 Å². The van der Waals surface area contributed by atoms with Crippen LogP contribution in [0.3, 0.4) is 0 Å². The van der Waals surface area contributed by atoms with Gasteiger partial charge in [-0.3, -0.25) is 4.79 Å². The first-order valence-corrected chi connectivity index (χ1v) is 10.5. The van der Waals surface area contributed by atoms with E-state index in [-0.39, 0.29) is 24.3 Å². The first-order chi connectivity index (χ1) is 16.1. The third-order valence-corrected chi connectivity index (χ3v) is 5.33. The van der Waals surface area contributed by atoms with Crippen molar-refractivity contribution >= 4 is 11.4 Å². The normalized spacial score (nSPS) is 17.6. The first kappa shape index (κ1) is 23.7. The highest BCUT2D eigenvalue weighted by molar-refractivity contribution is 6.01. The maximum absolute atomic E-state index is 13.3. The van der Waals surface area contributed by atoms with E-state index >= 15 is 0 Å². The fraction of sp³-hybridized carbons (Fsp3) is 0.391. The van der Waals surface area contributed by atoms with Crippen LogP contribution >= 0.6 is 0 Å². The molecule has 182 valence electrons. The van der Waals surface area contributed by atoms with E-state index in [1.165, 1.54) is 30.0 Å². The zero-order chi connectivity index (χ0) is 24.6. The van der Waals surface area contributed by atoms with Gasteiger partial charge >= 0.3 is 6.61 Å². The molecular weight excluding hydrogens is 455 g/mol. The maximum atomic E-state index is 13.3. The van der Waals surface area contributed by atoms with Crippen LogP contribution in [0.1, 0.15) is 30.6 Å². The van der Waals surface area contributed by atoms with Gasteiger partial charge in [-0.05, 0) is 43.7 Å². The van der Waals surface area contributed by atoms with Crippen LogP contribution in [0, 0.1) is 0 Å². The number of carbonyl (C=O) groups is 1. The van der Waals surface area contributed by atoms with Gasteiger partial charge in [-0.15, -0.1) is 0 Å². The second-order valence-corrected chi connectivity index (χ2v) is 8.53. The number of ether oxygens (including phenoxy) is 3. The van der Waals surface area contributed by atoms with E-state index in [1.54, 1.807) is 32.2 Å². The minimum Gasteiger partial charge on any atom is -0.496 e. The maximum Gasteiger partial charge on any atom is 0.387 e. The average molecular weight is 479 g/mol. The summed E-state index contributed by atoms with van der Waals surface area (Å²) in [5.41, 5.74) is 0.553. The molecule has 2 N–H and O–H groups in total. The molecule has 2 atom stereocenters. The van der Waals surface area contributed by atoms with Crippen molar-refractivity contribution in [2.75, 3.05) is 13.7 Å². The Morgan fingerprint density at radius 1 is 1.32 bits per heavy atom. The summed E-state index contributed by atoms with van der Waals surface area (Å²) in [6.07, 6.45) is 2.15. The molecule has 4 rings (SSSR count). The summed E-state index contributed by atoms with van der Waals surface area (Å²) < 4.78 is 56.8. The van der Waals surface area contributed by atoms with E-state index in [0.717, 1.165) is 0 Å². The van der Waals surface area contributed by atoms with Crippen LogP contribution < -0.4 is 19.5 Å². The zero-order valence-corrected chi connectivity index (χ0v) is 18.7. The predicted octanol–water partition coefficient (Wildman–Crippen LogP) is 3.60. The highest BCUT2D eigenvalue weighted by Crippen LogP contribution is 2.38. The van der Waals surface area contributed by atoms with Crippen LogP contribution in [0.25, 0.3) is 16.6 Å². The summed E-state index contributed by atoms with van der Waals surface area (Å²) in [4.78, 5) is 12.7. The van der Waals surface area contributed by atoms with Gasteiger partial charge in [0.05, 0.1) is 37.7 Å². The number of methoxy groups -OCH3 is 1. The largest absolute Gasteiger partial charge is 0.496 e. The summed E-state index contributed by atoms with van der Waals surface area (Å²) in [5.74, 6) is -0.705. The van der Waals surface area contributed by atoms with Crippen molar-refractivity contribution in [3.05, 3.63) is 42.2 Å². The number of aliphatic hydroxyl groups is 1. The first-order valence-electron chi connectivity index (χ1n) is 10.5. The van der Waals surface area contributed by atoms with E-state index < -0.39 is 36.1 Å². The summed E-state index contributed by atoms with van der Waals surface area (Å²) in [6.45, 7) is 0.0863. The van der Waals surface area contributed by atoms with Crippen LogP contribution in [0.15, 0.2) is 36.7 Å². The smallest absolute Gasteiger partial charge is 0.387 e. The molecule has 1 saturated carbocycles. The van der Waals surface area contributed by atoms with E-state index in [1.807, 2.05) is 0 Å².